The summed E-state index contributed by atoms with van der Waals surface area (Å²) in [5.74, 6) is -0.0635. The van der Waals surface area contributed by atoms with Gasteiger partial charge < -0.3 is 20.3 Å². The van der Waals surface area contributed by atoms with Crippen molar-refractivity contribution < 1.29 is 14.3 Å². The topological polar surface area (TPSA) is 73.9 Å². The molecule has 0 aliphatic carbocycles. The third-order valence-corrected chi connectivity index (χ3v) is 7.31. The summed E-state index contributed by atoms with van der Waals surface area (Å²) >= 11 is 6.43. The van der Waals surface area contributed by atoms with Crippen molar-refractivity contribution in [2.24, 2.45) is 0 Å². The summed E-state index contributed by atoms with van der Waals surface area (Å²) in [6.45, 7) is 11.6. The Hall–Kier alpha value is -2.35. The van der Waals surface area contributed by atoms with E-state index >= 15 is 0 Å². The number of anilines is 1. The van der Waals surface area contributed by atoms with E-state index in [0.717, 1.165) is 37.1 Å². The first-order valence-electron chi connectivity index (χ1n) is 12.1. The third-order valence-electron chi connectivity index (χ3n) is 7.09. The second-order valence-electron chi connectivity index (χ2n) is 9.87. The Bertz CT molecular complexity index is 1020. The molecule has 3 aliphatic heterocycles. The monoisotopic (exact) mass is 486 g/mol. The van der Waals surface area contributed by atoms with E-state index in [1.807, 2.05) is 43.9 Å². The smallest absolute Gasteiger partial charge is 0.257 e. The lowest BCUT2D eigenvalue weighted by atomic mass is 9.99. The number of halogens is 1. The first-order chi connectivity index (χ1) is 16.2. The van der Waals surface area contributed by atoms with Gasteiger partial charge >= 0.3 is 0 Å². The molecule has 0 spiro atoms. The Morgan fingerprint density at radius 3 is 2.74 bits per heavy atom. The predicted octanol–water partition coefficient (Wildman–Crippen LogP) is 3.62. The average Bonchev–Trinajstić information content (AvgIpc) is 3.25. The SMILES string of the molecule is Cc1c(CN2CCN(C(=O)[C@@]3(C)CCCO3)[C@@H](C)C2)cc(Cl)cc1NC(=O)C1=CNC(C)C=C1. The first kappa shape index (κ1) is 24.8. The predicted molar refractivity (Wildman–Crippen MR) is 135 cm³/mol. The molecular formula is C26H35ClN4O3. The number of piperazine rings is 1. The summed E-state index contributed by atoms with van der Waals surface area (Å²) in [6, 6.07) is 4.07. The summed E-state index contributed by atoms with van der Waals surface area (Å²) in [5.41, 5.74) is 2.68. The summed E-state index contributed by atoms with van der Waals surface area (Å²) < 4.78 is 5.78. The minimum Gasteiger partial charge on any atom is -0.384 e. The maximum Gasteiger partial charge on any atom is 0.257 e. The van der Waals surface area contributed by atoms with Crippen molar-refractivity contribution in [3.05, 3.63) is 52.2 Å². The molecule has 2 fully saturated rings. The molecule has 0 aromatic heterocycles. The molecule has 1 aromatic rings. The quantitative estimate of drug-likeness (QED) is 0.665. The van der Waals surface area contributed by atoms with Gasteiger partial charge in [-0.15, -0.1) is 0 Å². The number of ether oxygens (including phenoxy) is 1. The van der Waals surface area contributed by atoms with Gasteiger partial charge in [0, 0.05) is 61.8 Å². The second-order valence-corrected chi connectivity index (χ2v) is 10.3. The lowest BCUT2D eigenvalue weighted by molar-refractivity contribution is -0.155. The van der Waals surface area contributed by atoms with Crippen LogP contribution in [0.2, 0.25) is 5.02 Å². The highest BCUT2D eigenvalue weighted by Gasteiger charge is 2.43. The summed E-state index contributed by atoms with van der Waals surface area (Å²) in [7, 11) is 0. The molecule has 3 atom stereocenters. The third kappa shape index (κ3) is 5.32. The van der Waals surface area contributed by atoms with Crippen LogP contribution in [0.5, 0.6) is 0 Å². The van der Waals surface area contributed by atoms with Gasteiger partial charge in [0.15, 0.2) is 0 Å². The molecule has 2 N–H and O–H groups in total. The zero-order chi connectivity index (χ0) is 24.5. The van der Waals surface area contributed by atoms with E-state index in [1.165, 1.54) is 0 Å². The van der Waals surface area contributed by atoms with E-state index in [9.17, 15) is 9.59 Å². The van der Waals surface area contributed by atoms with Crippen LogP contribution in [-0.2, 0) is 20.9 Å². The van der Waals surface area contributed by atoms with E-state index in [1.54, 1.807) is 12.3 Å². The van der Waals surface area contributed by atoms with Crippen LogP contribution in [0.3, 0.4) is 0 Å². The van der Waals surface area contributed by atoms with Crippen LogP contribution in [0.15, 0.2) is 36.1 Å². The van der Waals surface area contributed by atoms with Gasteiger partial charge in [-0.1, -0.05) is 17.7 Å². The minimum absolute atomic E-state index is 0.0980. The van der Waals surface area contributed by atoms with Crippen molar-refractivity contribution in [2.75, 3.05) is 31.6 Å². The molecule has 1 aromatic carbocycles. The van der Waals surface area contributed by atoms with Gasteiger partial charge in [0.2, 0.25) is 0 Å². The molecule has 0 bridgehead atoms. The largest absolute Gasteiger partial charge is 0.384 e. The van der Waals surface area contributed by atoms with Crippen molar-refractivity contribution >= 4 is 29.1 Å². The minimum atomic E-state index is -0.677. The summed E-state index contributed by atoms with van der Waals surface area (Å²) in [5, 5.41) is 6.75. The molecule has 8 heteroatoms. The number of benzene rings is 1. The molecule has 0 radical (unpaired) electrons. The van der Waals surface area contributed by atoms with E-state index in [-0.39, 0.29) is 23.9 Å². The van der Waals surface area contributed by atoms with Crippen LogP contribution in [0, 0.1) is 6.92 Å². The van der Waals surface area contributed by atoms with Crippen molar-refractivity contribution in [3.63, 3.8) is 0 Å². The standard InChI is InChI=1S/C26H35ClN4O3/c1-17-6-7-20(14-28-17)24(32)29-23-13-22(27)12-21(19(23)3)16-30-9-10-31(18(2)15-30)25(33)26(4)8-5-11-34-26/h6-7,12-14,17-18,28H,5,8-11,15-16H2,1-4H3,(H,29,32)/t17?,18-,26+/m0/s1. The zero-order valence-electron chi connectivity index (χ0n) is 20.5. The highest BCUT2D eigenvalue weighted by molar-refractivity contribution is 6.31. The van der Waals surface area contributed by atoms with Crippen molar-refractivity contribution in [3.8, 4) is 0 Å². The van der Waals surface area contributed by atoms with Gasteiger partial charge in [0.1, 0.15) is 5.60 Å². The van der Waals surface area contributed by atoms with Crippen LogP contribution in [0.4, 0.5) is 5.69 Å². The van der Waals surface area contributed by atoms with E-state index in [2.05, 4.69) is 22.5 Å². The van der Waals surface area contributed by atoms with Crippen LogP contribution in [0.1, 0.15) is 44.7 Å². The molecule has 2 saturated heterocycles. The van der Waals surface area contributed by atoms with Gasteiger partial charge in [0.25, 0.3) is 11.8 Å². The van der Waals surface area contributed by atoms with Crippen molar-refractivity contribution in [1.82, 2.24) is 15.1 Å². The fourth-order valence-electron chi connectivity index (χ4n) is 4.91. The number of hydrogen-bond donors (Lipinski definition) is 2. The Morgan fingerprint density at radius 1 is 1.29 bits per heavy atom. The van der Waals surface area contributed by atoms with E-state index in [4.69, 9.17) is 16.3 Å². The van der Waals surface area contributed by atoms with E-state index in [0.29, 0.717) is 36.0 Å². The van der Waals surface area contributed by atoms with Gasteiger partial charge in [-0.2, -0.15) is 0 Å². The van der Waals surface area contributed by atoms with Gasteiger partial charge in [-0.05, 0) is 69.9 Å². The van der Waals surface area contributed by atoms with Gasteiger partial charge in [0.05, 0.1) is 5.57 Å². The molecule has 34 heavy (non-hydrogen) atoms. The molecule has 3 heterocycles. The Labute approximate surface area is 207 Å². The number of nitrogens with zero attached hydrogens (tertiary/aromatic N) is 2. The molecule has 184 valence electrons. The highest BCUT2D eigenvalue weighted by Crippen LogP contribution is 2.30. The van der Waals surface area contributed by atoms with Gasteiger partial charge in [-0.3, -0.25) is 14.5 Å². The lowest BCUT2D eigenvalue weighted by Gasteiger charge is -2.42. The number of nitrogens with one attached hydrogen (secondary N) is 2. The fraction of sp³-hybridized carbons (Fsp3) is 0.538. The van der Waals surface area contributed by atoms with Crippen LogP contribution in [-0.4, -0.2) is 65.5 Å². The molecule has 2 amide bonds. The van der Waals surface area contributed by atoms with Crippen LogP contribution in [0.25, 0.3) is 0 Å². The Kier molecular flexibility index (Phi) is 7.36. The average molecular weight is 487 g/mol. The normalized spacial score (nSPS) is 27.3. The Morgan fingerprint density at radius 2 is 2.09 bits per heavy atom. The first-order valence-corrected chi connectivity index (χ1v) is 12.5. The Balaban J connectivity index is 1.41. The van der Waals surface area contributed by atoms with Crippen molar-refractivity contribution in [1.29, 1.82) is 0 Å². The highest BCUT2D eigenvalue weighted by atomic mass is 35.5. The summed E-state index contributed by atoms with van der Waals surface area (Å²) in [4.78, 5) is 30.2. The number of dihydropyridines is 1. The molecule has 4 rings (SSSR count). The molecular weight excluding hydrogens is 452 g/mol. The number of amides is 2. The van der Waals surface area contributed by atoms with Crippen LogP contribution < -0.4 is 10.6 Å². The maximum absolute atomic E-state index is 13.1. The maximum atomic E-state index is 13.1. The number of carbonyl (C=O) groups excluding carboxylic acids is 2. The fourth-order valence-corrected chi connectivity index (χ4v) is 5.15. The van der Waals surface area contributed by atoms with Gasteiger partial charge in [-0.25, -0.2) is 0 Å². The molecule has 3 aliphatic rings. The molecule has 1 unspecified atom stereocenters. The van der Waals surface area contributed by atoms with Crippen molar-refractivity contribution in [2.45, 2.75) is 64.8 Å². The van der Waals surface area contributed by atoms with E-state index < -0.39 is 5.60 Å². The zero-order valence-corrected chi connectivity index (χ0v) is 21.2. The second kappa shape index (κ2) is 10.1. The number of carbonyl (C=O) groups is 2. The number of hydrogen-bond acceptors (Lipinski definition) is 5. The summed E-state index contributed by atoms with van der Waals surface area (Å²) in [6.07, 6.45) is 7.25. The number of rotatable bonds is 5. The van der Waals surface area contributed by atoms with Crippen LogP contribution >= 0.6 is 11.6 Å². The molecule has 7 nitrogen and oxygen atoms in total. The lowest BCUT2D eigenvalue weighted by Crippen LogP contribution is -2.58. The molecule has 0 saturated carbocycles.